The molecule has 0 saturated heterocycles. The van der Waals surface area contributed by atoms with E-state index in [1.807, 2.05) is 53.4 Å². The monoisotopic (exact) mass is 337 g/mol. The van der Waals surface area contributed by atoms with Gasteiger partial charge in [0.15, 0.2) is 0 Å². The summed E-state index contributed by atoms with van der Waals surface area (Å²) in [7, 11) is 0. The Kier molecular flexibility index (Phi) is 5.49. The summed E-state index contributed by atoms with van der Waals surface area (Å²) in [5.41, 5.74) is 2.24. The van der Waals surface area contributed by atoms with Crippen LogP contribution in [0.5, 0.6) is 0 Å². The molecule has 25 heavy (non-hydrogen) atoms. The van der Waals surface area contributed by atoms with Gasteiger partial charge in [-0.15, -0.1) is 0 Å². The van der Waals surface area contributed by atoms with E-state index in [-0.39, 0.29) is 11.8 Å². The van der Waals surface area contributed by atoms with E-state index in [4.69, 9.17) is 0 Å². The number of carboxylic acid groups (broad SMARTS) is 1. The molecule has 0 bridgehead atoms. The second-order valence-corrected chi connectivity index (χ2v) is 6.61. The van der Waals surface area contributed by atoms with Gasteiger partial charge >= 0.3 is 5.97 Å². The van der Waals surface area contributed by atoms with Crippen LogP contribution in [0, 0.1) is 11.8 Å². The highest BCUT2D eigenvalue weighted by molar-refractivity contribution is 5.86. The van der Waals surface area contributed by atoms with Gasteiger partial charge in [0.1, 0.15) is 0 Å². The smallest absolute Gasteiger partial charge is 0.307 e. The Bertz CT molecular complexity index is 714. The van der Waals surface area contributed by atoms with Crippen molar-refractivity contribution >= 4 is 11.9 Å². The summed E-state index contributed by atoms with van der Waals surface area (Å²) < 4.78 is 0. The summed E-state index contributed by atoms with van der Waals surface area (Å²) in [4.78, 5) is 26.0. The largest absolute Gasteiger partial charge is 0.481 e. The molecule has 130 valence electrons. The van der Waals surface area contributed by atoms with Crippen LogP contribution in [-0.2, 0) is 22.6 Å². The topological polar surface area (TPSA) is 57.6 Å². The quantitative estimate of drug-likeness (QED) is 0.843. The molecule has 2 aromatic carbocycles. The van der Waals surface area contributed by atoms with E-state index in [1.165, 1.54) is 5.56 Å². The normalized spacial score (nSPS) is 19.0. The van der Waals surface area contributed by atoms with Crippen LogP contribution in [0.4, 0.5) is 0 Å². The van der Waals surface area contributed by atoms with Crippen LogP contribution in [0.25, 0.3) is 0 Å². The lowest BCUT2D eigenvalue weighted by molar-refractivity contribution is -0.156. The molecule has 0 aromatic heterocycles. The maximum absolute atomic E-state index is 12.9. The van der Waals surface area contributed by atoms with Crippen molar-refractivity contribution in [2.24, 2.45) is 11.8 Å². The first kappa shape index (κ1) is 17.2. The third-order valence-electron chi connectivity index (χ3n) is 4.95. The van der Waals surface area contributed by atoms with Gasteiger partial charge in [-0.2, -0.15) is 0 Å². The van der Waals surface area contributed by atoms with Crippen LogP contribution in [0.3, 0.4) is 0 Å². The van der Waals surface area contributed by atoms with E-state index in [1.54, 1.807) is 0 Å². The van der Waals surface area contributed by atoms with E-state index >= 15 is 0 Å². The molecule has 2 unspecified atom stereocenters. The Hall–Kier alpha value is -2.62. The molecule has 0 spiro atoms. The highest BCUT2D eigenvalue weighted by atomic mass is 16.4. The highest BCUT2D eigenvalue weighted by Gasteiger charge is 2.43. The zero-order valence-corrected chi connectivity index (χ0v) is 14.2. The number of carboxylic acids is 1. The standard InChI is InChI=1S/C21H23NO3/c23-20(18-11-12-19(18)21(24)25)22(15-17-9-5-2-6-10-17)14-13-16-7-3-1-4-8-16/h1-10,18-19H,11-15H2,(H,24,25). The number of hydrogen-bond acceptors (Lipinski definition) is 2. The summed E-state index contributed by atoms with van der Waals surface area (Å²) in [6, 6.07) is 19.9. The lowest BCUT2D eigenvalue weighted by atomic mass is 9.73. The molecule has 1 amide bonds. The molecule has 0 aliphatic heterocycles. The van der Waals surface area contributed by atoms with Crippen LogP contribution in [-0.4, -0.2) is 28.4 Å². The van der Waals surface area contributed by atoms with Crippen LogP contribution >= 0.6 is 0 Å². The lowest BCUT2D eigenvalue weighted by Crippen LogP contribution is -2.46. The number of hydrogen-bond donors (Lipinski definition) is 1. The Morgan fingerprint density at radius 2 is 1.44 bits per heavy atom. The molecule has 1 saturated carbocycles. The first-order chi connectivity index (χ1) is 12.1. The molecule has 1 N–H and O–H groups in total. The van der Waals surface area contributed by atoms with Crippen molar-refractivity contribution < 1.29 is 14.7 Å². The number of nitrogens with zero attached hydrogens (tertiary/aromatic N) is 1. The van der Waals surface area contributed by atoms with Gasteiger partial charge in [-0.3, -0.25) is 9.59 Å². The van der Waals surface area contributed by atoms with Crippen molar-refractivity contribution in [3.8, 4) is 0 Å². The van der Waals surface area contributed by atoms with Gasteiger partial charge < -0.3 is 10.0 Å². The van der Waals surface area contributed by atoms with Crippen LogP contribution in [0.15, 0.2) is 60.7 Å². The third-order valence-corrected chi connectivity index (χ3v) is 4.95. The molecule has 1 fully saturated rings. The second-order valence-electron chi connectivity index (χ2n) is 6.61. The maximum atomic E-state index is 12.9. The van der Waals surface area contributed by atoms with Crippen LogP contribution in [0.2, 0.25) is 0 Å². The minimum Gasteiger partial charge on any atom is -0.481 e. The van der Waals surface area contributed by atoms with Gasteiger partial charge in [0.05, 0.1) is 11.8 Å². The molecule has 2 atom stereocenters. The number of aliphatic carboxylic acids is 1. The van der Waals surface area contributed by atoms with Gasteiger partial charge in [-0.1, -0.05) is 60.7 Å². The summed E-state index contributed by atoms with van der Waals surface area (Å²) in [5, 5.41) is 9.26. The number of rotatable bonds is 7. The average Bonchev–Trinajstić information content (AvgIpc) is 2.59. The SMILES string of the molecule is O=C(O)C1CCC1C(=O)N(CCc1ccccc1)Cc1ccccc1. The summed E-state index contributed by atoms with van der Waals surface area (Å²) >= 11 is 0. The van der Waals surface area contributed by atoms with Gasteiger partial charge in [0.25, 0.3) is 0 Å². The first-order valence-corrected chi connectivity index (χ1v) is 8.74. The van der Waals surface area contributed by atoms with Gasteiger partial charge in [0.2, 0.25) is 5.91 Å². The Balaban J connectivity index is 1.71. The fourth-order valence-electron chi connectivity index (χ4n) is 3.31. The minimum atomic E-state index is -0.854. The summed E-state index contributed by atoms with van der Waals surface area (Å²) in [6.07, 6.45) is 2.04. The molecule has 0 heterocycles. The van der Waals surface area contributed by atoms with Crippen LogP contribution < -0.4 is 0 Å². The van der Waals surface area contributed by atoms with Crippen molar-refractivity contribution in [1.82, 2.24) is 4.90 Å². The van der Waals surface area contributed by atoms with Crippen molar-refractivity contribution in [1.29, 1.82) is 0 Å². The molecule has 4 heteroatoms. The fraction of sp³-hybridized carbons (Fsp3) is 0.333. The number of carbonyl (C=O) groups excluding carboxylic acids is 1. The van der Waals surface area contributed by atoms with Crippen molar-refractivity contribution in [3.05, 3.63) is 71.8 Å². The number of benzene rings is 2. The number of amides is 1. The van der Waals surface area contributed by atoms with E-state index in [0.717, 1.165) is 12.0 Å². The summed E-state index contributed by atoms with van der Waals surface area (Å²) in [5.74, 6) is -1.79. The Labute approximate surface area is 148 Å². The minimum absolute atomic E-state index is 0.0292. The Morgan fingerprint density at radius 3 is 1.96 bits per heavy atom. The molecule has 2 aromatic rings. The molecular weight excluding hydrogens is 314 g/mol. The first-order valence-electron chi connectivity index (χ1n) is 8.74. The fourth-order valence-corrected chi connectivity index (χ4v) is 3.31. The van der Waals surface area contributed by atoms with Gasteiger partial charge in [0, 0.05) is 13.1 Å². The van der Waals surface area contributed by atoms with Crippen LogP contribution in [0.1, 0.15) is 24.0 Å². The lowest BCUT2D eigenvalue weighted by Gasteiger charge is -2.36. The molecule has 0 radical (unpaired) electrons. The van der Waals surface area contributed by atoms with Crippen molar-refractivity contribution in [2.75, 3.05) is 6.54 Å². The number of carbonyl (C=O) groups is 2. The molecular formula is C21H23NO3. The predicted octanol–water partition coefficient (Wildman–Crippen LogP) is 3.37. The zero-order chi connectivity index (χ0) is 17.6. The van der Waals surface area contributed by atoms with Gasteiger partial charge in [-0.05, 0) is 30.4 Å². The molecule has 4 nitrogen and oxygen atoms in total. The second kappa shape index (κ2) is 7.97. The maximum Gasteiger partial charge on any atom is 0.307 e. The van der Waals surface area contributed by atoms with E-state index < -0.39 is 11.9 Å². The van der Waals surface area contributed by atoms with E-state index in [2.05, 4.69) is 12.1 Å². The van der Waals surface area contributed by atoms with Gasteiger partial charge in [-0.25, -0.2) is 0 Å². The summed E-state index contributed by atoms with van der Waals surface area (Å²) in [6.45, 7) is 1.12. The average molecular weight is 337 g/mol. The molecule has 3 rings (SSSR count). The van der Waals surface area contributed by atoms with E-state index in [9.17, 15) is 14.7 Å². The van der Waals surface area contributed by atoms with Crippen molar-refractivity contribution in [3.63, 3.8) is 0 Å². The Morgan fingerprint density at radius 1 is 0.880 bits per heavy atom. The predicted molar refractivity (Wildman–Crippen MR) is 95.9 cm³/mol. The highest BCUT2D eigenvalue weighted by Crippen LogP contribution is 2.36. The zero-order valence-electron chi connectivity index (χ0n) is 14.2. The van der Waals surface area contributed by atoms with Crippen molar-refractivity contribution in [2.45, 2.75) is 25.8 Å². The molecule has 1 aliphatic rings. The molecule has 1 aliphatic carbocycles. The van der Waals surface area contributed by atoms with E-state index in [0.29, 0.717) is 25.9 Å². The third kappa shape index (κ3) is 4.27.